The number of aliphatic hydroxyl groups excluding tert-OH is 5. The van der Waals surface area contributed by atoms with Crippen molar-refractivity contribution in [2.45, 2.75) is 146 Å². The standard InChI is InChI=1S/C31H53N3O19P2/c1-3-4-5-6-7-8-9-10-11-12-19(37)15-23(39)51-28-24(32-18(2)36)30(50-20(16-35)26(28)41)52-55(46,47)53-54(44,45)48-17-21-25(40)27(42)29(49-21)34-14-13-22(38)33-31(34)43/h13-14,19-21,24-30,35,37,40-42H,3-12,15-17H2,1-2H3,(H,32,36)(H,44,45)(H,46,47)(H,33,38,43)/t19-,20-,21-,24-,25-,26-,27-,28-,29-,30-/m1/s1. The summed E-state index contributed by atoms with van der Waals surface area (Å²) in [5.74, 6) is -1.88. The summed E-state index contributed by atoms with van der Waals surface area (Å²) in [5, 5.41) is 54.0. The smallest absolute Gasteiger partial charge is 0.457 e. The Kier molecular flexibility index (Phi) is 18.7. The molecular weight excluding hydrogens is 780 g/mol. The second kappa shape index (κ2) is 21.9. The zero-order valence-electron chi connectivity index (χ0n) is 30.5. The number of phosphoric acid groups is 2. The van der Waals surface area contributed by atoms with Crippen molar-refractivity contribution < 1.29 is 81.6 Å². The first kappa shape index (κ1) is 47.0. The normalized spacial score (nSPS) is 29.6. The van der Waals surface area contributed by atoms with Gasteiger partial charge in [-0.25, -0.2) is 13.9 Å². The van der Waals surface area contributed by atoms with E-state index in [0.29, 0.717) is 6.42 Å². The van der Waals surface area contributed by atoms with Crippen molar-refractivity contribution in [2.24, 2.45) is 0 Å². The zero-order valence-corrected chi connectivity index (χ0v) is 32.3. The van der Waals surface area contributed by atoms with Gasteiger partial charge >= 0.3 is 27.3 Å². The largest absolute Gasteiger partial charge is 0.483 e. The molecule has 0 aromatic carbocycles. The number of aliphatic hydroxyl groups is 5. The van der Waals surface area contributed by atoms with Crippen LogP contribution in [0.15, 0.2) is 21.9 Å². The monoisotopic (exact) mass is 833 g/mol. The molecule has 12 atom stereocenters. The second-order valence-electron chi connectivity index (χ2n) is 13.4. The van der Waals surface area contributed by atoms with Crippen molar-refractivity contribution in [3.63, 3.8) is 0 Å². The molecule has 55 heavy (non-hydrogen) atoms. The van der Waals surface area contributed by atoms with Gasteiger partial charge in [0, 0.05) is 19.2 Å². The molecule has 2 aliphatic heterocycles. The number of unbranched alkanes of at least 4 members (excludes halogenated alkanes) is 8. The van der Waals surface area contributed by atoms with E-state index in [1.54, 1.807) is 0 Å². The third-order valence-corrected chi connectivity index (χ3v) is 11.4. The molecule has 24 heteroatoms. The molecule has 1 amide bonds. The molecular formula is C31H53N3O19P2. The number of amides is 1. The first-order valence-corrected chi connectivity index (χ1v) is 21.0. The minimum absolute atomic E-state index is 0.276. The van der Waals surface area contributed by atoms with Crippen LogP contribution in [-0.4, -0.2) is 125 Å². The average Bonchev–Trinajstić information content (AvgIpc) is 3.37. The molecule has 0 saturated carbocycles. The fourth-order valence-electron chi connectivity index (χ4n) is 6.07. The number of nitrogens with zero attached hydrogens (tertiary/aromatic N) is 1. The van der Waals surface area contributed by atoms with E-state index in [1.165, 1.54) is 25.7 Å². The summed E-state index contributed by atoms with van der Waals surface area (Å²) in [6, 6.07) is -0.858. The maximum Gasteiger partial charge on any atom is 0.483 e. The number of nitrogens with one attached hydrogen (secondary N) is 2. The Morgan fingerprint density at radius 3 is 2.18 bits per heavy atom. The average molecular weight is 834 g/mol. The SMILES string of the molecule is CCCCCCCCCCC[C@@H](O)CC(=O)O[C@H]1[C@H](O)[C@@H](CO)O[C@H](OP(=O)(O)OP(=O)(O)OC[C@H]2O[C@@H](n3ccc(=O)[nH]c3=O)[C@H](O)[C@@H]2O)[C@@H]1NC(C)=O. The van der Waals surface area contributed by atoms with Crippen LogP contribution in [0.5, 0.6) is 0 Å². The summed E-state index contributed by atoms with van der Waals surface area (Å²) in [5.41, 5.74) is -1.78. The highest BCUT2D eigenvalue weighted by Gasteiger charge is 2.52. The fourth-order valence-corrected chi connectivity index (χ4v) is 8.23. The lowest BCUT2D eigenvalue weighted by Gasteiger charge is -2.43. The molecule has 2 unspecified atom stereocenters. The molecule has 0 bridgehead atoms. The van der Waals surface area contributed by atoms with E-state index < -0.39 is 120 Å². The molecule has 22 nitrogen and oxygen atoms in total. The molecule has 0 radical (unpaired) electrons. The third-order valence-electron chi connectivity index (χ3n) is 8.84. The first-order valence-electron chi connectivity index (χ1n) is 18.0. The molecule has 2 aliphatic rings. The Morgan fingerprint density at radius 2 is 1.58 bits per heavy atom. The molecule has 1 aromatic rings. The van der Waals surface area contributed by atoms with Gasteiger partial charge in [-0.05, 0) is 6.42 Å². The van der Waals surface area contributed by atoms with Crippen LogP contribution in [0.1, 0.15) is 90.7 Å². The third kappa shape index (κ3) is 14.8. The van der Waals surface area contributed by atoms with Gasteiger partial charge in [-0.2, -0.15) is 4.31 Å². The van der Waals surface area contributed by atoms with Gasteiger partial charge in [-0.15, -0.1) is 0 Å². The van der Waals surface area contributed by atoms with E-state index in [2.05, 4.69) is 21.1 Å². The van der Waals surface area contributed by atoms with Crippen molar-refractivity contribution in [3.8, 4) is 0 Å². The van der Waals surface area contributed by atoms with E-state index in [-0.39, 0.29) is 6.42 Å². The second-order valence-corrected chi connectivity index (χ2v) is 16.4. The summed E-state index contributed by atoms with van der Waals surface area (Å²) >= 11 is 0. The first-order chi connectivity index (χ1) is 25.9. The van der Waals surface area contributed by atoms with Crippen LogP contribution in [0.4, 0.5) is 0 Å². The van der Waals surface area contributed by atoms with Gasteiger partial charge in [-0.3, -0.25) is 33.0 Å². The van der Waals surface area contributed by atoms with Crippen LogP contribution < -0.4 is 16.6 Å². The number of aromatic amines is 1. The van der Waals surface area contributed by atoms with Crippen LogP contribution in [0.25, 0.3) is 0 Å². The lowest BCUT2D eigenvalue weighted by atomic mass is 9.96. The maximum absolute atomic E-state index is 13.0. The van der Waals surface area contributed by atoms with Crippen LogP contribution in [0.2, 0.25) is 0 Å². The highest BCUT2D eigenvalue weighted by Crippen LogP contribution is 2.61. The molecule has 2 saturated heterocycles. The molecule has 3 heterocycles. The van der Waals surface area contributed by atoms with Gasteiger partial charge in [0.1, 0.15) is 36.6 Å². The Labute approximate surface area is 315 Å². The van der Waals surface area contributed by atoms with Crippen molar-refractivity contribution in [1.29, 1.82) is 0 Å². The molecule has 316 valence electrons. The molecule has 3 rings (SSSR count). The summed E-state index contributed by atoms with van der Waals surface area (Å²) < 4.78 is 56.3. The summed E-state index contributed by atoms with van der Waals surface area (Å²) in [7, 11) is -11.4. The van der Waals surface area contributed by atoms with E-state index in [9.17, 15) is 63.6 Å². The Morgan fingerprint density at radius 1 is 0.945 bits per heavy atom. The van der Waals surface area contributed by atoms with Gasteiger partial charge < -0.3 is 54.8 Å². The van der Waals surface area contributed by atoms with Crippen molar-refractivity contribution in [2.75, 3.05) is 13.2 Å². The number of esters is 1. The van der Waals surface area contributed by atoms with Gasteiger partial charge in [0.05, 0.1) is 25.7 Å². The predicted octanol–water partition coefficient (Wildman–Crippen LogP) is -0.427. The molecule has 0 spiro atoms. The highest BCUT2D eigenvalue weighted by atomic mass is 31.3. The Balaban J connectivity index is 1.60. The van der Waals surface area contributed by atoms with Crippen molar-refractivity contribution in [3.05, 3.63) is 33.1 Å². The molecule has 1 aromatic heterocycles. The number of aromatic nitrogens is 2. The summed E-state index contributed by atoms with van der Waals surface area (Å²) in [6.45, 7) is 1.10. The van der Waals surface area contributed by atoms with E-state index in [4.69, 9.17) is 18.7 Å². The zero-order chi connectivity index (χ0) is 40.9. The molecule has 0 aliphatic carbocycles. The van der Waals surface area contributed by atoms with Crippen molar-refractivity contribution in [1.82, 2.24) is 14.9 Å². The van der Waals surface area contributed by atoms with E-state index in [0.717, 1.165) is 49.4 Å². The number of hydrogen-bond acceptors (Lipinski definition) is 17. The highest BCUT2D eigenvalue weighted by molar-refractivity contribution is 7.61. The van der Waals surface area contributed by atoms with Gasteiger partial charge in [0.25, 0.3) is 5.56 Å². The van der Waals surface area contributed by atoms with Gasteiger partial charge in [-0.1, -0.05) is 64.7 Å². The van der Waals surface area contributed by atoms with Crippen LogP contribution >= 0.6 is 15.6 Å². The van der Waals surface area contributed by atoms with Crippen molar-refractivity contribution >= 4 is 27.5 Å². The lowest BCUT2D eigenvalue weighted by molar-refractivity contribution is -0.253. The Hall–Kier alpha value is -2.40. The van der Waals surface area contributed by atoms with Gasteiger partial charge in [0.2, 0.25) is 5.91 Å². The number of carbonyl (C=O) groups is 2. The fraction of sp³-hybridized carbons (Fsp3) is 0.806. The predicted molar refractivity (Wildman–Crippen MR) is 187 cm³/mol. The number of ether oxygens (including phenoxy) is 3. The molecule has 9 N–H and O–H groups in total. The Bertz CT molecular complexity index is 1590. The number of phosphoric ester groups is 2. The van der Waals surface area contributed by atoms with E-state index in [1.807, 2.05) is 4.98 Å². The van der Waals surface area contributed by atoms with E-state index >= 15 is 0 Å². The van der Waals surface area contributed by atoms with Crippen LogP contribution in [-0.2, 0) is 46.3 Å². The van der Waals surface area contributed by atoms with Crippen LogP contribution in [0, 0.1) is 0 Å². The summed E-state index contributed by atoms with van der Waals surface area (Å²) in [6.07, 6.45) is -5.37. The number of H-pyrrole nitrogens is 1. The minimum atomic E-state index is -5.78. The number of carbonyl (C=O) groups excluding carboxylic acids is 2. The minimum Gasteiger partial charge on any atom is -0.457 e. The quantitative estimate of drug-likeness (QED) is 0.0384. The van der Waals surface area contributed by atoms with Crippen LogP contribution in [0.3, 0.4) is 0 Å². The van der Waals surface area contributed by atoms with Gasteiger partial charge in [0.15, 0.2) is 18.6 Å². The summed E-state index contributed by atoms with van der Waals surface area (Å²) in [4.78, 5) is 71.0. The lowest BCUT2D eigenvalue weighted by Crippen LogP contribution is -2.65. The molecule has 2 fully saturated rings. The maximum atomic E-state index is 13.0. The number of rotatable bonds is 23. The number of hydrogen-bond donors (Lipinski definition) is 9. The topological polar surface area (TPSA) is 332 Å².